The molecule has 0 spiro atoms. The van der Waals surface area contributed by atoms with Gasteiger partial charge in [-0.25, -0.2) is 4.79 Å². The molecule has 3 rings (SSSR count). The average Bonchev–Trinajstić information content (AvgIpc) is 2.71. The molecule has 21 heavy (non-hydrogen) atoms. The SMILES string of the molecule is CC1OC(n2ccc(=O)[nH]c2=O)C2OC(C)(C)OC2C1=O. The minimum Gasteiger partial charge on any atom is -0.344 e. The van der Waals surface area contributed by atoms with E-state index in [4.69, 9.17) is 14.2 Å². The number of H-pyrrole nitrogens is 1. The Morgan fingerprint density at radius 2 is 1.95 bits per heavy atom. The number of ketones is 1. The number of Topliss-reactive ketones (excluding diaryl/α,β-unsaturated/α-hetero) is 1. The summed E-state index contributed by atoms with van der Waals surface area (Å²) in [5.74, 6) is -1.16. The average molecular weight is 296 g/mol. The highest BCUT2D eigenvalue weighted by Crippen LogP contribution is 2.39. The fourth-order valence-corrected chi connectivity index (χ4v) is 2.65. The Balaban J connectivity index is 2.03. The summed E-state index contributed by atoms with van der Waals surface area (Å²) < 4.78 is 18.1. The Morgan fingerprint density at radius 1 is 1.24 bits per heavy atom. The van der Waals surface area contributed by atoms with Crippen LogP contribution in [0.4, 0.5) is 0 Å². The third-order valence-electron chi connectivity index (χ3n) is 3.56. The summed E-state index contributed by atoms with van der Waals surface area (Å²) in [7, 11) is 0. The second-order valence-electron chi connectivity index (χ2n) is 5.61. The number of ether oxygens (including phenoxy) is 3. The van der Waals surface area contributed by atoms with Gasteiger partial charge in [-0.3, -0.25) is 19.1 Å². The highest BCUT2D eigenvalue weighted by Gasteiger charge is 2.54. The van der Waals surface area contributed by atoms with E-state index in [-0.39, 0.29) is 5.78 Å². The molecule has 1 aromatic rings. The van der Waals surface area contributed by atoms with Crippen LogP contribution in [0.15, 0.2) is 21.9 Å². The number of hydrogen-bond acceptors (Lipinski definition) is 6. The van der Waals surface area contributed by atoms with Crippen molar-refractivity contribution in [3.63, 3.8) is 0 Å². The molecule has 8 nitrogen and oxygen atoms in total. The summed E-state index contributed by atoms with van der Waals surface area (Å²) in [6, 6.07) is 1.21. The number of rotatable bonds is 1. The molecule has 3 heterocycles. The number of aromatic nitrogens is 2. The zero-order valence-corrected chi connectivity index (χ0v) is 11.9. The van der Waals surface area contributed by atoms with Crippen LogP contribution in [0.3, 0.4) is 0 Å². The standard InChI is InChI=1S/C13H16N2O6/c1-6-8(17)9-10(21-13(2,3)20-9)11(19-6)15-5-4-7(16)14-12(15)18/h4-6,9-11H,1-3H3,(H,14,16,18). The minimum absolute atomic E-state index is 0.223. The van der Waals surface area contributed by atoms with Crippen molar-refractivity contribution in [3.05, 3.63) is 33.1 Å². The second-order valence-corrected chi connectivity index (χ2v) is 5.61. The molecular weight excluding hydrogens is 280 g/mol. The molecule has 0 aromatic carbocycles. The molecule has 2 saturated heterocycles. The predicted molar refractivity (Wildman–Crippen MR) is 69.7 cm³/mol. The quantitative estimate of drug-likeness (QED) is 0.753. The Hall–Kier alpha value is -1.77. The van der Waals surface area contributed by atoms with Crippen LogP contribution in [0.2, 0.25) is 0 Å². The van der Waals surface area contributed by atoms with Crippen LogP contribution in [0.1, 0.15) is 27.0 Å². The lowest BCUT2D eigenvalue weighted by Gasteiger charge is -2.34. The van der Waals surface area contributed by atoms with Gasteiger partial charge in [0.15, 0.2) is 23.9 Å². The largest absolute Gasteiger partial charge is 0.344 e. The highest BCUT2D eigenvalue weighted by atomic mass is 16.8. The normalized spacial score (nSPS) is 34.7. The first-order chi connectivity index (χ1) is 9.78. The molecule has 114 valence electrons. The van der Waals surface area contributed by atoms with E-state index in [2.05, 4.69) is 4.98 Å². The molecular formula is C13H16N2O6. The zero-order valence-electron chi connectivity index (χ0n) is 11.9. The van der Waals surface area contributed by atoms with Crippen molar-refractivity contribution < 1.29 is 19.0 Å². The zero-order chi connectivity index (χ0) is 15.4. The third kappa shape index (κ3) is 2.35. The monoisotopic (exact) mass is 296 g/mol. The lowest BCUT2D eigenvalue weighted by Crippen LogP contribution is -2.52. The van der Waals surface area contributed by atoms with Crippen molar-refractivity contribution in [2.24, 2.45) is 0 Å². The summed E-state index contributed by atoms with van der Waals surface area (Å²) in [5.41, 5.74) is -1.13. The summed E-state index contributed by atoms with van der Waals surface area (Å²) in [5, 5.41) is 0. The van der Waals surface area contributed by atoms with Gasteiger partial charge >= 0.3 is 5.69 Å². The van der Waals surface area contributed by atoms with Crippen molar-refractivity contribution in [2.45, 2.75) is 51.1 Å². The molecule has 2 fully saturated rings. The molecule has 8 heteroatoms. The van der Waals surface area contributed by atoms with Crippen LogP contribution in [0, 0.1) is 0 Å². The smallest absolute Gasteiger partial charge is 0.330 e. The van der Waals surface area contributed by atoms with Gasteiger partial charge in [0.2, 0.25) is 0 Å². The number of carbonyl (C=O) groups is 1. The maximum atomic E-state index is 12.1. The van der Waals surface area contributed by atoms with Crippen LogP contribution in [0.5, 0.6) is 0 Å². The molecule has 0 bridgehead atoms. The van der Waals surface area contributed by atoms with E-state index >= 15 is 0 Å². The second kappa shape index (κ2) is 4.62. The third-order valence-corrected chi connectivity index (χ3v) is 3.56. The Kier molecular flexibility index (Phi) is 3.12. The maximum absolute atomic E-state index is 12.1. The Bertz CT molecular complexity index is 690. The minimum atomic E-state index is -0.942. The van der Waals surface area contributed by atoms with E-state index in [1.54, 1.807) is 20.8 Å². The molecule has 4 unspecified atom stereocenters. The number of hydrogen-bond donors (Lipinski definition) is 1. The van der Waals surface area contributed by atoms with Crippen LogP contribution < -0.4 is 11.2 Å². The molecule has 0 radical (unpaired) electrons. The van der Waals surface area contributed by atoms with Crippen molar-refractivity contribution in [2.75, 3.05) is 0 Å². The molecule has 0 saturated carbocycles. The fraction of sp³-hybridized carbons (Fsp3) is 0.615. The van der Waals surface area contributed by atoms with Crippen LogP contribution in [-0.2, 0) is 19.0 Å². The number of nitrogens with one attached hydrogen (secondary N) is 1. The maximum Gasteiger partial charge on any atom is 0.330 e. The van der Waals surface area contributed by atoms with E-state index in [0.717, 1.165) is 0 Å². The lowest BCUT2D eigenvalue weighted by atomic mass is 10.0. The predicted octanol–water partition coefficient (Wildman–Crippen LogP) is -0.457. The summed E-state index contributed by atoms with van der Waals surface area (Å²) in [4.78, 5) is 37.4. The van der Waals surface area contributed by atoms with E-state index in [1.165, 1.54) is 16.8 Å². The molecule has 2 aliphatic heterocycles. The highest BCUT2D eigenvalue weighted by molar-refractivity contribution is 5.88. The van der Waals surface area contributed by atoms with E-state index in [1.807, 2.05) is 0 Å². The van der Waals surface area contributed by atoms with Gasteiger partial charge in [-0.1, -0.05) is 0 Å². The van der Waals surface area contributed by atoms with E-state index < -0.39 is 41.6 Å². The number of aromatic amines is 1. The number of nitrogens with zero attached hydrogens (tertiary/aromatic N) is 1. The molecule has 4 atom stereocenters. The van der Waals surface area contributed by atoms with Crippen LogP contribution in [0.25, 0.3) is 0 Å². The molecule has 0 aliphatic carbocycles. The first-order valence-corrected chi connectivity index (χ1v) is 6.65. The molecule has 0 amide bonds. The van der Waals surface area contributed by atoms with Gasteiger partial charge in [-0.15, -0.1) is 0 Å². The van der Waals surface area contributed by atoms with Crippen molar-refractivity contribution in [1.29, 1.82) is 0 Å². The molecule has 1 N–H and O–H groups in total. The molecule has 1 aromatic heterocycles. The van der Waals surface area contributed by atoms with Crippen LogP contribution >= 0.6 is 0 Å². The van der Waals surface area contributed by atoms with Crippen LogP contribution in [-0.4, -0.2) is 39.4 Å². The van der Waals surface area contributed by atoms with Gasteiger partial charge in [0.25, 0.3) is 5.56 Å². The molecule has 2 aliphatic rings. The fourth-order valence-electron chi connectivity index (χ4n) is 2.65. The topological polar surface area (TPSA) is 99.6 Å². The van der Waals surface area contributed by atoms with Gasteiger partial charge < -0.3 is 14.2 Å². The number of fused-ring (bicyclic) bond motifs is 1. The van der Waals surface area contributed by atoms with Gasteiger partial charge in [0.1, 0.15) is 12.2 Å². The first kappa shape index (κ1) is 14.2. The summed E-state index contributed by atoms with van der Waals surface area (Å²) in [6.45, 7) is 4.98. The van der Waals surface area contributed by atoms with Crippen molar-refractivity contribution >= 4 is 5.78 Å². The van der Waals surface area contributed by atoms with E-state index in [9.17, 15) is 14.4 Å². The summed E-state index contributed by atoms with van der Waals surface area (Å²) in [6.07, 6.45) is -1.79. The van der Waals surface area contributed by atoms with Crippen molar-refractivity contribution in [3.8, 4) is 0 Å². The summed E-state index contributed by atoms with van der Waals surface area (Å²) >= 11 is 0. The van der Waals surface area contributed by atoms with E-state index in [0.29, 0.717) is 0 Å². The first-order valence-electron chi connectivity index (χ1n) is 6.65. The Labute approximate surface area is 119 Å². The van der Waals surface area contributed by atoms with Gasteiger partial charge in [-0.05, 0) is 20.8 Å². The van der Waals surface area contributed by atoms with Crippen molar-refractivity contribution in [1.82, 2.24) is 9.55 Å². The van der Waals surface area contributed by atoms with Gasteiger partial charge in [0, 0.05) is 12.3 Å². The number of carbonyl (C=O) groups excluding carboxylic acids is 1. The Morgan fingerprint density at radius 3 is 2.62 bits per heavy atom. The van der Waals surface area contributed by atoms with Gasteiger partial charge in [-0.2, -0.15) is 0 Å². The van der Waals surface area contributed by atoms with Gasteiger partial charge in [0.05, 0.1) is 0 Å². The lowest BCUT2D eigenvalue weighted by molar-refractivity contribution is -0.182.